The number of benzene rings is 2. The summed E-state index contributed by atoms with van der Waals surface area (Å²) in [6.45, 7) is 0. The molecule has 0 amide bonds. The van der Waals surface area contributed by atoms with Crippen LogP contribution < -0.4 is 4.74 Å². The van der Waals surface area contributed by atoms with Gasteiger partial charge < -0.3 is 4.74 Å². The topological polar surface area (TPSA) is 9.23 Å². The van der Waals surface area contributed by atoms with Gasteiger partial charge in [0.05, 0.1) is 9.50 Å². The van der Waals surface area contributed by atoms with Gasteiger partial charge in [-0.2, -0.15) is 0 Å². The number of alkyl halides is 1. The van der Waals surface area contributed by atoms with E-state index in [0.29, 0.717) is 0 Å². The maximum Gasteiger partial charge on any atom is 0.198 e. The molecule has 0 atom stereocenters. The first-order valence-electron chi connectivity index (χ1n) is 5.28. The normalized spacial score (nSPS) is 10.7. The lowest BCUT2D eigenvalue weighted by Crippen LogP contribution is -1.96. The largest absolute Gasteiger partial charge is 0.450 e. The van der Waals surface area contributed by atoms with Gasteiger partial charge in [-0.1, -0.05) is 11.6 Å². The highest BCUT2D eigenvalue weighted by atomic mass is 79.9. The quantitative estimate of drug-likeness (QED) is 0.461. The number of rotatable bonds is 3. The van der Waals surface area contributed by atoms with E-state index in [1.54, 1.807) is 0 Å². The molecule has 20 heavy (non-hydrogen) atoms. The van der Waals surface area contributed by atoms with E-state index in [2.05, 4.69) is 15.9 Å². The lowest BCUT2D eigenvalue weighted by molar-refractivity contribution is 0.402. The van der Waals surface area contributed by atoms with E-state index >= 15 is 0 Å². The molecule has 2 aromatic rings. The van der Waals surface area contributed by atoms with Crippen molar-refractivity contribution in [3.63, 3.8) is 0 Å². The monoisotopic (exact) mass is 384 g/mol. The summed E-state index contributed by atoms with van der Waals surface area (Å²) in [6, 6.07) is 4.26. The smallest absolute Gasteiger partial charge is 0.198 e. The van der Waals surface area contributed by atoms with E-state index in [1.165, 1.54) is 6.07 Å². The summed E-state index contributed by atoms with van der Waals surface area (Å²) in [5.74, 6) is -3.38. The van der Waals surface area contributed by atoms with Gasteiger partial charge in [0.2, 0.25) is 0 Å². The first-order chi connectivity index (χ1) is 9.42. The molecule has 0 saturated carbocycles. The summed E-state index contributed by atoms with van der Waals surface area (Å²) >= 11 is 14.1. The lowest BCUT2D eigenvalue weighted by atomic mass is 10.2. The van der Waals surface area contributed by atoms with Crippen molar-refractivity contribution in [2.24, 2.45) is 0 Å². The Morgan fingerprint density at radius 2 is 1.60 bits per heavy atom. The zero-order valence-electron chi connectivity index (χ0n) is 9.69. The molecule has 1 nitrogen and oxygen atoms in total. The van der Waals surface area contributed by atoms with Crippen molar-refractivity contribution >= 4 is 39.1 Å². The fourth-order valence-electron chi connectivity index (χ4n) is 1.48. The van der Waals surface area contributed by atoms with Gasteiger partial charge in [-0.05, 0) is 39.7 Å². The SMILES string of the molecule is Fc1cc(Oc2c(F)cc(CCl)cc2F)c(Br)cc1Cl. The van der Waals surface area contributed by atoms with Crippen LogP contribution >= 0.6 is 39.1 Å². The van der Waals surface area contributed by atoms with E-state index in [1.807, 2.05) is 0 Å². The highest BCUT2D eigenvalue weighted by Crippen LogP contribution is 2.36. The molecule has 0 aromatic heterocycles. The second kappa shape index (κ2) is 6.24. The summed E-state index contributed by atoms with van der Waals surface area (Å²) in [6.07, 6.45) is 0. The molecule has 0 radical (unpaired) electrons. The molecule has 7 heteroatoms. The van der Waals surface area contributed by atoms with Gasteiger partial charge in [0.15, 0.2) is 17.4 Å². The zero-order valence-corrected chi connectivity index (χ0v) is 12.8. The summed E-state index contributed by atoms with van der Waals surface area (Å²) in [4.78, 5) is 0. The third-order valence-corrected chi connectivity index (χ3v) is 3.62. The van der Waals surface area contributed by atoms with Crippen molar-refractivity contribution in [1.29, 1.82) is 0 Å². The third-order valence-electron chi connectivity index (χ3n) is 2.40. The van der Waals surface area contributed by atoms with Gasteiger partial charge in [-0.3, -0.25) is 0 Å². The van der Waals surface area contributed by atoms with Gasteiger partial charge in [0, 0.05) is 11.9 Å². The molecule has 0 spiro atoms. The molecule has 2 aromatic carbocycles. The van der Waals surface area contributed by atoms with Crippen molar-refractivity contribution in [3.8, 4) is 11.5 Å². The van der Waals surface area contributed by atoms with Gasteiger partial charge in [0.25, 0.3) is 0 Å². The van der Waals surface area contributed by atoms with Crippen molar-refractivity contribution in [1.82, 2.24) is 0 Å². The zero-order chi connectivity index (χ0) is 14.9. The van der Waals surface area contributed by atoms with Gasteiger partial charge >= 0.3 is 0 Å². The van der Waals surface area contributed by atoms with E-state index in [-0.39, 0.29) is 26.7 Å². The Morgan fingerprint density at radius 1 is 1.00 bits per heavy atom. The molecular formula is C13H6BrCl2F3O. The average molecular weight is 386 g/mol. The van der Waals surface area contributed by atoms with Crippen molar-refractivity contribution in [3.05, 3.63) is 56.8 Å². The fraction of sp³-hybridized carbons (Fsp3) is 0.0769. The number of hydrogen-bond acceptors (Lipinski definition) is 1. The second-order valence-corrected chi connectivity index (χ2v) is 5.35. The average Bonchev–Trinajstić information content (AvgIpc) is 2.39. The molecule has 0 bridgehead atoms. The fourth-order valence-corrected chi connectivity index (χ4v) is 2.35. The minimum absolute atomic E-state index is 0.0343. The Morgan fingerprint density at radius 3 is 2.15 bits per heavy atom. The second-order valence-electron chi connectivity index (χ2n) is 3.82. The van der Waals surface area contributed by atoms with Crippen LogP contribution in [0.4, 0.5) is 13.2 Å². The van der Waals surface area contributed by atoms with Crippen LogP contribution in [0, 0.1) is 17.5 Å². The maximum absolute atomic E-state index is 13.7. The van der Waals surface area contributed by atoms with E-state index in [9.17, 15) is 13.2 Å². The summed E-state index contributed by atoms with van der Waals surface area (Å²) in [5.41, 5.74) is 0.273. The summed E-state index contributed by atoms with van der Waals surface area (Å²) in [5, 5.41) is -0.136. The standard InChI is InChI=1S/C13H6BrCl2F3O/c14-7-3-8(16)9(17)4-12(7)20-13-10(18)1-6(5-15)2-11(13)19/h1-4H,5H2. The molecule has 0 heterocycles. The molecule has 0 aliphatic heterocycles. The molecule has 0 aliphatic rings. The van der Waals surface area contributed by atoms with E-state index in [4.69, 9.17) is 27.9 Å². The molecule has 0 saturated heterocycles. The van der Waals surface area contributed by atoms with Crippen molar-refractivity contribution < 1.29 is 17.9 Å². The van der Waals surface area contributed by atoms with Crippen LogP contribution in [0.1, 0.15) is 5.56 Å². The summed E-state index contributed by atoms with van der Waals surface area (Å²) < 4.78 is 46.2. The molecule has 106 valence electrons. The van der Waals surface area contributed by atoms with Gasteiger partial charge in [-0.15, -0.1) is 11.6 Å². The maximum atomic E-state index is 13.7. The molecule has 0 aliphatic carbocycles. The molecule has 0 N–H and O–H groups in total. The van der Waals surface area contributed by atoms with Crippen LogP contribution in [0.3, 0.4) is 0 Å². The van der Waals surface area contributed by atoms with Crippen LogP contribution in [0.2, 0.25) is 5.02 Å². The van der Waals surface area contributed by atoms with Crippen LogP contribution in [0.15, 0.2) is 28.7 Å². The Balaban J connectivity index is 2.42. The molecule has 0 fully saturated rings. The highest BCUT2D eigenvalue weighted by molar-refractivity contribution is 9.10. The third kappa shape index (κ3) is 3.22. The number of halogens is 6. The Bertz CT molecular complexity index is 641. The highest BCUT2D eigenvalue weighted by Gasteiger charge is 2.16. The number of hydrogen-bond donors (Lipinski definition) is 0. The van der Waals surface area contributed by atoms with Crippen molar-refractivity contribution in [2.45, 2.75) is 5.88 Å². The van der Waals surface area contributed by atoms with Gasteiger partial charge in [0.1, 0.15) is 11.6 Å². The first kappa shape index (κ1) is 15.5. The van der Waals surface area contributed by atoms with Crippen LogP contribution in [0.5, 0.6) is 11.5 Å². The van der Waals surface area contributed by atoms with Crippen LogP contribution in [0.25, 0.3) is 0 Å². The van der Waals surface area contributed by atoms with Gasteiger partial charge in [-0.25, -0.2) is 13.2 Å². The predicted octanol–water partition coefficient (Wildman–Crippen LogP) is 6.05. The predicted molar refractivity (Wildman–Crippen MR) is 75.1 cm³/mol. The van der Waals surface area contributed by atoms with E-state index in [0.717, 1.165) is 18.2 Å². The Kier molecular flexibility index (Phi) is 4.83. The molecular weight excluding hydrogens is 380 g/mol. The molecule has 0 unspecified atom stereocenters. The lowest BCUT2D eigenvalue weighted by Gasteiger charge is -2.11. The Hall–Kier alpha value is -0.910. The van der Waals surface area contributed by atoms with E-state index < -0.39 is 23.2 Å². The molecule has 2 rings (SSSR count). The summed E-state index contributed by atoms with van der Waals surface area (Å²) in [7, 11) is 0. The first-order valence-corrected chi connectivity index (χ1v) is 6.99. The number of ether oxygens (including phenoxy) is 1. The van der Waals surface area contributed by atoms with Crippen LogP contribution in [-0.4, -0.2) is 0 Å². The van der Waals surface area contributed by atoms with Crippen LogP contribution in [-0.2, 0) is 5.88 Å². The minimum atomic E-state index is -0.928. The Labute approximate surface area is 131 Å². The minimum Gasteiger partial charge on any atom is -0.450 e. The van der Waals surface area contributed by atoms with Crippen molar-refractivity contribution in [2.75, 3.05) is 0 Å².